The molecule has 8 nitrogen and oxygen atoms in total. The highest BCUT2D eigenvalue weighted by Gasteiger charge is 2.50. The standard InChI is InChI=1S/C57H50N4.C54H46N4/c1-54(2)45-26-15-12-23-39(45)41-30-29-37(34-47(41)56(54,5)6)53-59-51(35-19-10-9-11-20-35)58-52(60-53)36-21-18-22-38(33-36)61-48-28-17-14-25-42(48)44-32-31-43-40-24-13-16-27-46(40)55(3,4)57(7,8)49(43)50(44)61;1-52(2)44-24-13-10-21-38(44)40-28-27-36(30-46(40)52)50(55)57-51(35-18-8-7-9-19-35)56-33-34-17-16-20-37(29-34)58-48-26-15-12-23-41(48)43-31-47-42(32-49(43)58)39-22-11-14-25-45(39)53(3,4)54(47,5)6/h9-34H,1-8H3;7-33,55H,1-6H3. The van der Waals surface area contributed by atoms with Gasteiger partial charge in [0, 0.05) is 77.8 Å². The molecule has 14 aromatic carbocycles. The van der Waals surface area contributed by atoms with Crippen molar-refractivity contribution in [3.8, 4) is 90.0 Å². The molecule has 0 atom stereocenters. The maximum atomic E-state index is 9.22. The van der Waals surface area contributed by atoms with Crippen molar-refractivity contribution in [1.29, 1.82) is 5.41 Å². The van der Waals surface area contributed by atoms with Crippen LogP contribution in [-0.2, 0) is 37.9 Å². The number of hydrogen-bond acceptors (Lipinski definition) is 4. The van der Waals surface area contributed by atoms with E-state index in [1.54, 1.807) is 0 Å². The monoisotopic (exact) mass is 1540 g/mol. The average molecular weight is 1540 g/mol. The lowest BCUT2D eigenvalue weighted by atomic mass is 9.55. The average Bonchev–Trinajstić information content (AvgIpc) is 1.39. The summed E-state index contributed by atoms with van der Waals surface area (Å²) in [6.45, 7) is 33.3. The van der Waals surface area contributed by atoms with Gasteiger partial charge in [-0.25, -0.2) is 24.9 Å². The van der Waals surface area contributed by atoms with Crippen molar-refractivity contribution in [1.82, 2.24) is 24.1 Å². The summed E-state index contributed by atoms with van der Waals surface area (Å²) in [5, 5.41) is 14.2. The molecule has 4 aliphatic rings. The van der Waals surface area contributed by atoms with Gasteiger partial charge in [0.05, 0.1) is 22.1 Å². The van der Waals surface area contributed by atoms with Crippen molar-refractivity contribution in [3.63, 3.8) is 0 Å². The molecule has 1 N–H and O–H groups in total. The first-order valence-corrected chi connectivity index (χ1v) is 41.9. The number of hydrogen-bond donors (Lipinski definition) is 1. The summed E-state index contributed by atoms with van der Waals surface area (Å²) in [6.07, 6.45) is 1.88. The van der Waals surface area contributed by atoms with Crippen molar-refractivity contribution < 1.29 is 0 Å². The molecule has 3 aromatic heterocycles. The molecule has 0 saturated heterocycles. The minimum absolute atomic E-state index is 0.0403. The third-order valence-corrected chi connectivity index (χ3v) is 28.9. The Kier molecular flexibility index (Phi) is 17.0. The fraction of sp³-hybridized carbons (Fsp3) is 0.189. The number of nitrogens with zero attached hydrogens (tertiary/aromatic N) is 7. The van der Waals surface area contributed by atoms with Crippen LogP contribution in [0.4, 0.5) is 0 Å². The number of rotatable bonds is 8. The molecule has 0 aliphatic heterocycles. The van der Waals surface area contributed by atoms with Crippen molar-refractivity contribution in [2.75, 3.05) is 0 Å². The Labute approximate surface area is 698 Å². The lowest BCUT2D eigenvalue weighted by Crippen LogP contribution is -2.43. The first-order chi connectivity index (χ1) is 57.2. The topological polar surface area (TPSA) is 97.1 Å². The van der Waals surface area contributed by atoms with Crippen LogP contribution < -0.4 is 0 Å². The zero-order valence-electron chi connectivity index (χ0n) is 70.2. The highest BCUT2D eigenvalue weighted by molar-refractivity contribution is 6.15. The molecule has 0 saturated carbocycles. The minimum atomic E-state index is -0.186. The quantitative estimate of drug-likeness (QED) is 0.121. The largest absolute Gasteiger partial charge is 0.309 e. The molecule has 119 heavy (non-hydrogen) atoms. The first kappa shape index (κ1) is 74.5. The van der Waals surface area contributed by atoms with E-state index in [0.29, 0.717) is 23.3 Å². The summed E-state index contributed by atoms with van der Waals surface area (Å²) >= 11 is 0. The SMILES string of the molecule is CC1(C)c2ccccc2-c2ccc(-c3nc(-c4ccccc4)nc(-c4cccc(-n5c6ccccc6c6ccc7c(c65)C(C)(C)C(C)(C)c5ccccc5-7)c4)n3)cc2C1(C)C.CC1(C)c2ccccc2-c2ccc(C(=N)N=C(N=Cc3cccc(-n4c5ccccc5c5cc6c(cc54)-c4ccccc4C(C)(C)C6(C)C)c3)c3ccccc3)cc21. The molecular formula is C111H96N8. The summed E-state index contributed by atoms with van der Waals surface area (Å²) in [7, 11) is 0. The van der Waals surface area contributed by atoms with E-state index < -0.39 is 0 Å². The molecule has 0 spiro atoms. The lowest BCUT2D eigenvalue weighted by molar-refractivity contribution is 0.299. The normalized spacial score (nSPS) is 16.2. The van der Waals surface area contributed by atoms with Crippen LogP contribution in [0.2, 0.25) is 0 Å². The highest BCUT2D eigenvalue weighted by Crippen LogP contribution is 2.60. The molecule has 4 aliphatic carbocycles. The number of amidine groups is 2. The summed E-state index contributed by atoms with van der Waals surface area (Å²) in [4.78, 5) is 25.6. The summed E-state index contributed by atoms with van der Waals surface area (Å²) in [6, 6.07) is 113. The van der Waals surface area contributed by atoms with Crippen LogP contribution in [0.5, 0.6) is 0 Å². The number of para-hydroxylation sites is 2. The Hall–Kier alpha value is -13.3. The van der Waals surface area contributed by atoms with Gasteiger partial charge >= 0.3 is 0 Å². The van der Waals surface area contributed by atoms with Gasteiger partial charge in [-0.1, -0.05) is 352 Å². The highest BCUT2D eigenvalue weighted by atomic mass is 15.0. The lowest BCUT2D eigenvalue weighted by Gasteiger charge is -2.48. The van der Waals surface area contributed by atoms with E-state index in [0.717, 1.165) is 44.8 Å². The molecule has 21 rings (SSSR count). The van der Waals surface area contributed by atoms with E-state index in [-0.39, 0.29) is 43.7 Å². The van der Waals surface area contributed by atoms with Crippen LogP contribution in [0, 0.1) is 5.41 Å². The van der Waals surface area contributed by atoms with Crippen LogP contribution in [0.15, 0.2) is 325 Å². The molecule has 580 valence electrons. The van der Waals surface area contributed by atoms with E-state index in [4.69, 9.17) is 24.9 Å². The summed E-state index contributed by atoms with van der Waals surface area (Å²) < 4.78 is 4.89. The molecule has 0 fully saturated rings. The van der Waals surface area contributed by atoms with Gasteiger partial charge in [-0.3, -0.25) is 5.41 Å². The third-order valence-electron chi connectivity index (χ3n) is 28.9. The van der Waals surface area contributed by atoms with Crippen LogP contribution in [0.3, 0.4) is 0 Å². The minimum Gasteiger partial charge on any atom is -0.309 e. The Morgan fingerprint density at radius 2 is 0.739 bits per heavy atom. The third kappa shape index (κ3) is 11.4. The van der Waals surface area contributed by atoms with E-state index in [9.17, 15) is 5.41 Å². The second-order valence-electron chi connectivity index (χ2n) is 36.8. The molecule has 0 radical (unpaired) electrons. The number of benzene rings is 14. The number of nitrogens with one attached hydrogen (secondary N) is 1. The van der Waals surface area contributed by atoms with Crippen molar-refractivity contribution in [2.45, 2.75) is 135 Å². The van der Waals surface area contributed by atoms with Crippen LogP contribution in [-0.4, -0.2) is 42.0 Å². The van der Waals surface area contributed by atoms with Crippen LogP contribution in [0.1, 0.15) is 158 Å². The predicted octanol–water partition coefficient (Wildman–Crippen LogP) is 27.7. The Morgan fingerprint density at radius 1 is 0.294 bits per heavy atom. The van der Waals surface area contributed by atoms with Gasteiger partial charge in [0.25, 0.3) is 0 Å². The van der Waals surface area contributed by atoms with Crippen molar-refractivity contribution in [3.05, 3.63) is 377 Å². The fourth-order valence-corrected chi connectivity index (χ4v) is 20.2. The van der Waals surface area contributed by atoms with Gasteiger partial charge in [-0.15, -0.1) is 0 Å². The van der Waals surface area contributed by atoms with Gasteiger partial charge in [-0.2, -0.15) is 0 Å². The van der Waals surface area contributed by atoms with Crippen LogP contribution in [0.25, 0.3) is 134 Å². The maximum absolute atomic E-state index is 9.22. The molecule has 3 heterocycles. The van der Waals surface area contributed by atoms with Gasteiger partial charge in [-0.05, 0) is 182 Å². The van der Waals surface area contributed by atoms with Gasteiger partial charge in [0.2, 0.25) is 0 Å². The van der Waals surface area contributed by atoms with Gasteiger partial charge in [0.15, 0.2) is 29.1 Å². The van der Waals surface area contributed by atoms with Crippen molar-refractivity contribution >= 4 is 61.5 Å². The zero-order valence-corrected chi connectivity index (χ0v) is 70.2. The predicted molar refractivity (Wildman–Crippen MR) is 497 cm³/mol. The smallest absolute Gasteiger partial charge is 0.164 e. The van der Waals surface area contributed by atoms with E-state index in [2.05, 4.69) is 367 Å². The Morgan fingerprint density at radius 3 is 1.38 bits per heavy atom. The maximum Gasteiger partial charge on any atom is 0.164 e. The van der Waals surface area contributed by atoms with Crippen LogP contribution >= 0.6 is 0 Å². The van der Waals surface area contributed by atoms with Gasteiger partial charge in [0.1, 0.15) is 0 Å². The molecule has 0 amide bonds. The fourth-order valence-electron chi connectivity index (χ4n) is 20.2. The molecule has 0 unspecified atom stereocenters. The zero-order chi connectivity index (χ0) is 82.0. The summed E-state index contributed by atoms with van der Waals surface area (Å²) in [5.74, 6) is 2.64. The Balaban J connectivity index is 0.000000153. The van der Waals surface area contributed by atoms with Crippen molar-refractivity contribution in [2.24, 2.45) is 9.98 Å². The van der Waals surface area contributed by atoms with Gasteiger partial charge < -0.3 is 9.13 Å². The second-order valence-corrected chi connectivity index (χ2v) is 36.8. The number of fused-ring (bicyclic) bond motifs is 19. The molecule has 0 bridgehead atoms. The molecule has 8 heteroatoms. The molecular weight excluding hydrogens is 1450 g/mol. The Bertz CT molecular complexity index is 7150. The number of aliphatic imine (C=N–C) groups is 2. The van der Waals surface area contributed by atoms with E-state index >= 15 is 0 Å². The number of aromatic nitrogens is 5. The summed E-state index contributed by atoms with van der Waals surface area (Å²) in [5.41, 5.74) is 32.6. The first-order valence-electron chi connectivity index (χ1n) is 41.9. The molecule has 17 aromatic rings. The van der Waals surface area contributed by atoms with E-state index in [1.807, 2.05) is 60.8 Å². The second kappa shape index (κ2) is 27.1. The van der Waals surface area contributed by atoms with E-state index in [1.165, 1.54) is 133 Å².